The molecular weight excluding hydrogens is 474 g/mol. The van der Waals surface area contributed by atoms with Crippen molar-refractivity contribution in [3.8, 4) is 11.5 Å². The zero-order valence-electron chi connectivity index (χ0n) is 18.2. The number of carbonyl (C=O) groups excluding carboxylic acids is 3. The number of benzene rings is 3. The minimum atomic E-state index is -0.916. The minimum Gasteiger partial charge on any atom is -0.507 e. The highest BCUT2D eigenvalue weighted by Crippen LogP contribution is 2.49. The van der Waals surface area contributed by atoms with Crippen molar-refractivity contribution < 1.29 is 34.4 Å². The molecule has 0 saturated heterocycles. The average molecular weight is 494 g/mol. The molecule has 9 heteroatoms. The second-order valence-electron chi connectivity index (χ2n) is 8.56. The number of amides is 1. The van der Waals surface area contributed by atoms with E-state index in [1.807, 2.05) is 0 Å². The molecule has 1 amide bonds. The van der Waals surface area contributed by atoms with Crippen molar-refractivity contribution in [2.45, 2.75) is 24.9 Å². The Balaban J connectivity index is 1.49. The van der Waals surface area contributed by atoms with Gasteiger partial charge in [-0.15, -0.1) is 0 Å². The second-order valence-corrected chi connectivity index (χ2v) is 9.00. The van der Waals surface area contributed by atoms with E-state index < -0.39 is 41.2 Å². The molecular formula is C26H20ClNO7. The zero-order valence-corrected chi connectivity index (χ0v) is 19.0. The van der Waals surface area contributed by atoms with Gasteiger partial charge in [-0.3, -0.25) is 14.9 Å². The fraction of sp³-hybridized carbons (Fsp3) is 0.192. The maximum Gasteiger partial charge on any atom is 0.411 e. The van der Waals surface area contributed by atoms with Gasteiger partial charge in [0.1, 0.15) is 18.1 Å². The maximum atomic E-state index is 13.2. The van der Waals surface area contributed by atoms with E-state index in [0.717, 1.165) is 0 Å². The van der Waals surface area contributed by atoms with Gasteiger partial charge in [0.2, 0.25) is 0 Å². The lowest BCUT2D eigenvalue weighted by atomic mass is 9.74. The summed E-state index contributed by atoms with van der Waals surface area (Å²) in [7, 11) is 0. The molecule has 4 N–H and O–H groups in total. The molecule has 2 atom stereocenters. The standard InChI is InChI=1S/C26H20ClNO7/c27-13-5-7-14(8-6-13)28-26(34)35-11-12-9-15(29)10-18-19(12)25(33)21-20(24(18)32)22(30)16-3-1-2-4-17(16)23(21)31/h1-8,12,15,29,32-33H,9-11H2,(H,28,34). The number of ketones is 2. The second kappa shape index (κ2) is 8.72. The Bertz CT molecular complexity index is 1380. The molecule has 2 unspecified atom stereocenters. The van der Waals surface area contributed by atoms with Gasteiger partial charge >= 0.3 is 6.09 Å². The SMILES string of the molecule is O=C(Nc1ccc(Cl)cc1)OCC1CC(O)Cc2c(O)c3c(c(O)c21)C(=O)c1ccccc1C3=O. The Labute approximate surface area is 204 Å². The first-order valence-corrected chi connectivity index (χ1v) is 11.3. The smallest absolute Gasteiger partial charge is 0.411 e. The maximum absolute atomic E-state index is 13.2. The third-order valence-corrected chi connectivity index (χ3v) is 6.62. The number of hydrogen-bond acceptors (Lipinski definition) is 7. The van der Waals surface area contributed by atoms with Crippen molar-refractivity contribution in [2.24, 2.45) is 0 Å². The van der Waals surface area contributed by atoms with E-state index in [2.05, 4.69) is 5.32 Å². The predicted octanol–water partition coefficient (Wildman–Crippen LogP) is 4.17. The Morgan fingerprint density at radius 2 is 1.57 bits per heavy atom. The van der Waals surface area contributed by atoms with E-state index in [1.165, 1.54) is 12.1 Å². The molecule has 0 aliphatic heterocycles. The lowest BCUT2D eigenvalue weighted by Crippen LogP contribution is -2.30. The molecule has 8 nitrogen and oxygen atoms in total. The molecule has 0 saturated carbocycles. The van der Waals surface area contributed by atoms with Crippen LogP contribution in [-0.2, 0) is 11.2 Å². The third kappa shape index (κ3) is 3.90. The number of aromatic hydroxyl groups is 2. The van der Waals surface area contributed by atoms with Gasteiger partial charge in [0.15, 0.2) is 11.6 Å². The van der Waals surface area contributed by atoms with Gasteiger partial charge < -0.3 is 20.1 Å². The van der Waals surface area contributed by atoms with Gasteiger partial charge in [-0.2, -0.15) is 0 Å². The fourth-order valence-corrected chi connectivity index (χ4v) is 4.94. The zero-order chi connectivity index (χ0) is 24.9. The number of halogens is 1. The number of fused-ring (bicyclic) bond motifs is 3. The van der Waals surface area contributed by atoms with Crippen LogP contribution in [0, 0.1) is 0 Å². The number of carbonyl (C=O) groups is 3. The summed E-state index contributed by atoms with van der Waals surface area (Å²) in [5.41, 5.74) is 0.510. The molecule has 0 aromatic heterocycles. The summed E-state index contributed by atoms with van der Waals surface area (Å²) < 4.78 is 5.33. The van der Waals surface area contributed by atoms with Crippen LogP contribution in [0.15, 0.2) is 48.5 Å². The summed E-state index contributed by atoms with van der Waals surface area (Å²) >= 11 is 5.84. The number of phenols is 2. The molecule has 2 aliphatic rings. The number of rotatable bonds is 3. The quantitative estimate of drug-likeness (QED) is 0.315. The van der Waals surface area contributed by atoms with Crippen LogP contribution in [0.2, 0.25) is 5.02 Å². The first-order chi connectivity index (χ1) is 16.8. The van der Waals surface area contributed by atoms with Gasteiger partial charge in [-0.25, -0.2) is 4.79 Å². The highest BCUT2D eigenvalue weighted by atomic mass is 35.5. The largest absolute Gasteiger partial charge is 0.507 e. The highest BCUT2D eigenvalue weighted by molar-refractivity contribution is 6.31. The minimum absolute atomic E-state index is 0.0292. The van der Waals surface area contributed by atoms with Crippen molar-refractivity contribution in [2.75, 3.05) is 11.9 Å². The molecule has 35 heavy (non-hydrogen) atoms. The molecule has 5 rings (SSSR count). The van der Waals surface area contributed by atoms with Crippen LogP contribution in [0.25, 0.3) is 0 Å². The van der Waals surface area contributed by atoms with Gasteiger partial charge in [0.05, 0.1) is 17.2 Å². The van der Waals surface area contributed by atoms with Crippen LogP contribution in [0.4, 0.5) is 10.5 Å². The summed E-state index contributed by atoms with van der Waals surface area (Å²) in [6.45, 7) is -0.242. The van der Waals surface area contributed by atoms with Crippen LogP contribution in [0.1, 0.15) is 55.3 Å². The lowest BCUT2D eigenvalue weighted by molar-refractivity contribution is 0.0968. The number of ether oxygens (including phenoxy) is 1. The van der Waals surface area contributed by atoms with E-state index in [1.54, 1.807) is 36.4 Å². The van der Waals surface area contributed by atoms with E-state index >= 15 is 0 Å². The Kier molecular flexibility index (Phi) is 5.70. The topological polar surface area (TPSA) is 133 Å². The Morgan fingerprint density at radius 1 is 0.971 bits per heavy atom. The van der Waals surface area contributed by atoms with E-state index in [4.69, 9.17) is 16.3 Å². The predicted molar refractivity (Wildman–Crippen MR) is 127 cm³/mol. The van der Waals surface area contributed by atoms with Crippen LogP contribution < -0.4 is 5.32 Å². The van der Waals surface area contributed by atoms with Crippen molar-refractivity contribution in [3.05, 3.63) is 86.9 Å². The lowest BCUT2D eigenvalue weighted by Gasteiger charge is -2.32. The summed E-state index contributed by atoms with van der Waals surface area (Å²) in [5, 5.41) is 35.7. The van der Waals surface area contributed by atoms with Gasteiger partial charge in [-0.1, -0.05) is 35.9 Å². The van der Waals surface area contributed by atoms with Crippen molar-refractivity contribution in [1.29, 1.82) is 0 Å². The van der Waals surface area contributed by atoms with Crippen molar-refractivity contribution in [1.82, 2.24) is 0 Å². The first kappa shape index (κ1) is 22.9. The molecule has 3 aromatic carbocycles. The number of anilines is 1. The third-order valence-electron chi connectivity index (χ3n) is 6.37. The van der Waals surface area contributed by atoms with Crippen molar-refractivity contribution in [3.63, 3.8) is 0 Å². The average Bonchev–Trinajstić information content (AvgIpc) is 2.84. The molecule has 3 aromatic rings. The van der Waals surface area contributed by atoms with E-state index in [0.29, 0.717) is 10.7 Å². The van der Waals surface area contributed by atoms with Crippen molar-refractivity contribution >= 4 is 34.9 Å². The molecule has 0 spiro atoms. The molecule has 0 bridgehead atoms. The fourth-order valence-electron chi connectivity index (χ4n) is 4.81. The summed E-state index contributed by atoms with van der Waals surface area (Å²) in [6.07, 6.45) is -1.60. The van der Waals surface area contributed by atoms with E-state index in [9.17, 15) is 29.7 Å². The van der Waals surface area contributed by atoms with Crippen LogP contribution in [0.3, 0.4) is 0 Å². The highest BCUT2D eigenvalue weighted by Gasteiger charge is 2.41. The Morgan fingerprint density at radius 3 is 2.20 bits per heavy atom. The number of aliphatic hydroxyl groups is 1. The Hall–Kier alpha value is -3.88. The summed E-state index contributed by atoms with van der Waals surface area (Å²) in [4.78, 5) is 38.6. The number of aliphatic hydroxyl groups excluding tert-OH is 1. The molecule has 2 aliphatic carbocycles. The molecule has 0 heterocycles. The van der Waals surface area contributed by atoms with Crippen LogP contribution in [-0.4, -0.2) is 45.7 Å². The van der Waals surface area contributed by atoms with Gasteiger partial charge in [0, 0.05) is 45.3 Å². The molecule has 0 radical (unpaired) electrons. The normalized spacial score (nSPS) is 18.3. The molecule has 0 fully saturated rings. The van der Waals surface area contributed by atoms with Crippen LogP contribution >= 0.6 is 11.6 Å². The number of phenolic OH excluding ortho intramolecular Hbond substituents is 2. The molecule has 178 valence electrons. The first-order valence-electron chi connectivity index (χ1n) is 10.9. The van der Waals surface area contributed by atoms with Crippen LogP contribution in [0.5, 0.6) is 11.5 Å². The number of nitrogens with one attached hydrogen (secondary N) is 1. The number of hydrogen-bond donors (Lipinski definition) is 4. The van der Waals surface area contributed by atoms with Gasteiger partial charge in [-0.05, 0) is 30.7 Å². The summed E-state index contributed by atoms with van der Waals surface area (Å²) in [5.74, 6) is -2.78. The monoisotopic (exact) mass is 493 g/mol. The summed E-state index contributed by atoms with van der Waals surface area (Å²) in [6, 6.07) is 12.6. The van der Waals surface area contributed by atoms with E-state index in [-0.39, 0.29) is 52.8 Å². The van der Waals surface area contributed by atoms with Gasteiger partial charge in [0.25, 0.3) is 0 Å².